The van der Waals surface area contributed by atoms with Gasteiger partial charge in [-0.15, -0.1) is 0 Å². The molecule has 78 valence electrons. The summed E-state index contributed by atoms with van der Waals surface area (Å²) in [6, 6.07) is 0. The van der Waals surface area contributed by atoms with Crippen molar-refractivity contribution in [2.24, 2.45) is 15.7 Å². The van der Waals surface area contributed by atoms with Crippen LogP contribution in [0.1, 0.15) is 12.8 Å². The van der Waals surface area contributed by atoms with Crippen molar-refractivity contribution in [2.45, 2.75) is 18.4 Å². The van der Waals surface area contributed by atoms with Gasteiger partial charge in [0.2, 0.25) is 0 Å². The molecule has 3 aliphatic rings. The molecular weight excluding hydrogens is 192 g/mol. The van der Waals surface area contributed by atoms with Crippen LogP contribution in [0.2, 0.25) is 0 Å². The summed E-state index contributed by atoms with van der Waals surface area (Å²) < 4.78 is 0. The number of hydrogen-bond acceptors (Lipinski definition) is 4. The zero-order valence-corrected chi connectivity index (χ0v) is 8.31. The van der Waals surface area contributed by atoms with Crippen LogP contribution in [0, 0.1) is 0 Å². The second-order valence-corrected chi connectivity index (χ2v) is 4.14. The first kappa shape index (κ1) is 8.64. The largest absolute Gasteiger partial charge is 0.364 e. The molecule has 0 atom stereocenters. The number of aliphatic imine (C=N–C) groups is 2. The molecule has 0 aromatic rings. The third kappa shape index (κ3) is 1.19. The summed E-state index contributed by atoms with van der Waals surface area (Å²) in [4.78, 5) is 22.0. The topological polar surface area (TPSA) is 71.1 Å². The molecule has 0 unspecified atom stereocenters. The Labute approximate surface area is 87.4 Å². The van der Waals surface area contributed by atoms with Crippen LogP contribution in [-0.4, -0.2) is 41.5 Å². The lowest BCUT2D eigenvalue weighted by Crippen LogP contribution is -2.46. The molecule has 0 bridgehead atoms. The molecule has 1 amide bonds. The van der Waals surface area contributed by atoms with Gasteiger partial charge in [-0.1, -0.05) is 0 Å². The Balaban J connectivity index is 2.00. The molecule has 0 saturated heterocycles. The first-order valence-electron chi connectivity index (χ1n) is 5.09. The third-order valence-corrected chi connectivity index (χ3v) is 3.06. The Bertz CT molecular complexity index is 417. The van der Waals surface area contributed by atoms with Gasteiger partial charge in [0.15, 0.2) is 0 Å². The second kappa shape index (κ2) is 2.68. The quantitative estimate of drug-likeness (QED) is 0.636. The lowest BCUT2D eigenvalue weighted by molar-refractivity contribution is -0.114. The first-order valence-corrected chi connectivity index (χ1v) is 5.09. The van der Waals surface area contributed by atoms with Crippen LogP contribution in [0.5, 0.6) is 0 Å². The summed E-state index contributed by atoms with van der Waals surface area (Å²) in [5.41, 5.74) is 5.49. The van der Waals surface area contributed by atoms with Gasteiger partial charge in [-0.2, -0.15) is 0 Å². The number of primary amides is 1. The minimum Gasteiger partial charge on any atom is -0.364 e. The van der Waals surface area contributed by atoms with E-state index >= 15 is 0 Å². The number of carbonyl (C=O) groups is 1. The summed E-state index contributed by atoms with van der Waals surface area (Å²) in [6.45, 7) is 1.49. The number of amides is 1. The monoisotopic (exact) mass is 204 g/mol. The predicted molar refractivity (Wildman–Crippen MR) is 56.7 cm³/mol. The molecular formula is C10H12N4O. The van der Waals surface area contributed by atoms with E-state index < -0.39 is 5.91 Å². The number of fused-ring (bicyclic) bond motifs is 2. The van der Waals surface area contributed by atoms with Gasteiger partial charge in [-0.3, -0.25) is 9.79 Å². The fraction of sp³-hybridized carbons (Fsp3) is 0.500. The van der Waals surface area contributed by atoms with Crippen molar-refractivity contribution in [3.63, 3.8) is 0 Å². The fourth-order valence-electron chi connectivity index (χ4n) is 2.07. The van der Waals surface area contributed by atoms with Crippen molar-refractivity contribution in [3.8, 4) is 0 Å². The smallest absolute Gasteiger partial charge is 0.267 e. The standard InChI is InChI=1S/C10H12N4O/c11-8(15)7-1-5-14-6-4-12-10(2-3-10)9(14)13-7/h1,4H,2-3,5-6H2,(H2,11,15). The number of amidine groups is 1. The van der Waals surface area contributed by atoms with Gasteiger partial charge in [-0.25, -0.2) is 4.99 Å². The number of rotatable bonds is 1. The fourth-order valence-corrected chi connectivity index (χ4v) is 2.07. The second-order valence-electron chi connectivity index (χ2n) is 4.14. The SMILES string of the molecule is NC(=O)C1=CCN2CC=NC3(CC3)C2=N1. The Kier molecular flexibility index (Phi) is 1.55. The van der Waals surface area contributed by atoms with Gasteiger partial charge < -0.3 is 10.6 Å². The third-order valence-electron chi connectivity index (χ3n) is 3.06. The molecule has 2 heterocycles. The van der Waals surface area contributed by atoms with Crippen LogP contribution in [0.3, 0.4) is 0 Å². The first-order chi connectivity index (χ1) is 7.21. The van der Waals surface area contributed by atoms with E-state index in [9.17, 15) is 4.79 Å². The molecule has 1 spiro atoms. The van der Waals surface area contributed by atoms with Crippen LogP contribution >= 0.6 is 0 Å². The summed E-state index contributed by atoms with van der Waals surface area (Å²) in [5.74, 6) is 0.480. The number of nitrogens with two attached hydrogens (primary N) is 1. The van der Waals surface area contributed by atoms with E-state index in [4.69, 9.17) is 5.73 Å². The highest BCUT2D eigenvalue weighted by Gasteiger charge is 2.51. The van der Waals surface area contributed by atoms with Crippen LogP contribution in [0.15, 0.2) is 21.8 Å². The van der Waals surface area contributed by atoms with Crippen LogP contribution < -0.4 is 5.73 Å². The molecule has 1 aliphatic carbocycles. The average molecular weight is 204 g/mol. The minimum atomic E-state index is -0.451. The molecule has 1 fully saturated rings. The Morgan fingerprint density at radius 2 is 2.27 bits per heavy atom. The molecule has 0 aromatic heterocycles. The van der Waals surface area contributed by atoms with Gasteiger partial charge in [0, 0.05) is 12.8 Å². The summed E-state index contributed by atoms with van der Waals surface area (Å²) in [6.07, 6.45) is 5.78. The van der Waals surface area contributed by atoms with Crippen LogP contribution in [0.25, 0.3) is 0 Å². The van der Waals surface area contributed by atoms with Gasteiger partial charge in [-0.05, 0) is 18.9 Å². The van der Waals surface area contributed by atoms with Gasteiger partial charge in [0.1, 0.15) is 17.1 Å². The van der Waals surface area contributed by atoms with Gasteiger partial charge >= 0.3 is 0 Å². The average Bonchev–Trinajstić information content (AvgIpc) is 2.99. The zero-order chi connectivity index (χ0) is 10.5. The van der Waals surface area contributed by atoms with Crippen molar-refractivity contribution < 1.29 is 4.79 Å². The van der Waals surface area contributed by atoms with E-state index in [2.05, 4.69) is 14.9 Å². The summed E-state index contributed by atoms with van der Waals surface area (Å²) in [5, 5.41) is 0. The highest BCUT2D eigenvalue weighted by atomic mass is 16.1. The number of nitrogens with zero attached hydrogens (tertiary/aromatic N) is 3. The van der Waals surface area contributed by atoms with Crippen molar-refractivity contribution in [3.05, 3.63) is 11.8 Å². The molecule has 0 radical (unpaired) electrons. The molecule has 1 saturated carbocycles. The Morgan fingerprint density at radius 1 is 1.47 bits per heavy atom. The maximum Gasteiger partial charge on any atom is 0.267 e. The Hall–Kier alpha value is -1.65. The summed E-state index contributed by atoms with van der Waals surface area (Å²) in [7, 11) is 0. The van der Waals surface area contributed by atoms with E-state index in [-0.39, 0.29) is 5.54 Å². The van der Waals surface area contributed by atoms with E-state index in [1.165, 1.54) is 0 Å². The lowest BCUT2D eigenvalue weighted by Gasteiger charge is -2.33. The van der Waals surface area contributed by atoms with E-state index in [0.717, 1.165) is 25.2 Å². The van der Waals surface area contributed by atoms with Gasteiger partial charge in [0.05, 0.1) is 6.54 Å². The van der Waals surface area contributed by atoms with Gasteiger partial charge in [0.25, 0.3) is 5.91 Å². The van der Waals surface area contributed by atoms with Crippen molar-refractivity contribution in [1.82, 2.24) is 4.90 Å². The molecule has 2 N–H and O–H groups in total. The van der Waals surface area contributed by atoms with Crippen molar-refractivity contribution in [1.29, 1.82) is 0 Å². The highest BCUT2D eigenvalue weighted by Crippen LogP contribution is 2.44. The normalized spacial score (nSPS) is 25.7. The number of carbonyl (C=O) groups excluding carboxylic acids is 1. The van der Waals surface area contributed by atoms with Crippen LogP contribution in [-0.2, 0) is 4.79 Å². The van der Waals surface area contributed by atoms with E-state index in [1.807, 2.05) is 6.21 Å². The molecule has 5 heteroatoms. The number of hydrogen-bond donors (Lipinski definition) is 1. The minimum absolute atomic E-state index is 0.118. The van der Waals surface area contributed by atoms with Crippen LogP contribution in [0.4, 0.5) is 0 Å². The molecule has 2 aliphatic heterocycles. The zero-order valence-electron chi connectivity index (χ0n) is 8.31. The molecule has 15 heavy (non-hydrogen) atoms. The van der Waals surface area contributed by atoms with Crippen molar-refractivity contribution >= 4 is 18.0 Å². The predicted octanol–water partition coefficient (Wildman–Crippen LogP) is -0.313. The van der Waals surface area contributed by atoms with Crippen molar-refractivity contribution in [2.75, 3.05) is 13.1 Å². The Morgan fingerprint density at radius 3 is 2.93 bits per heavy atom. The maximum atomic E-state index is 11.1. The lowest BCUT2D eigenvalue weighted by atomic mass is 10.1. The van der Waals surface area contributed by atoms with E-state index in [0.29, 0.717) is 12.2 Å². The summed E-state index contributed by atoms with van der Waals surface area (Å²) >= 11 is 0. The molecule has 5 nitrogen and oxygen atoms in total. The molecule has 3 rings (SSSR count). The highest BCUT2D eigenvalue weighted by molar-refractivity contribution is 6.04. The maximum absolute atomic E-state index is 11.1. The van der Waals surface area contributed by atoms with E-state index in [1.54, 1.807) is 6.08 Å². The molecule has 0 aromatic carbocycles.